The molecule has 0 unspecified atom stereocenters. The summed E-state index contributed by atoms with van der Waals surface area (Å²) >= 11 is 0. The number of nitrogens with zero attached hydrogens (tertiary/aromatic N) is 1. The van der Waals surface area contributed by atoms with Crippen molar-refractivity contribution >= 4 is 12.0 Å². The molecule has 0 spiro atoms. The van der Waals surface area contributed by atoms with Gasteiger partial charge in [-0.15, -0.1) is 0 Å². The van der Waals surface area contributed by atoms with Gasteiger partial charge in [-0.1, -0.05) is 12.1 Å². The third-order valence-electron chi connectivity index (χ3n) is 2.23. The van der Waals surface area contributed by atoms with Gasteiger partial charge in [0.15, 0.2) is 5.78 Å². The molecule has 18 heavy (non-hydrogen) atoms. The van der Waals surface area contributed by atoms with E-state index in [-0.39, 0.29) is 11.5 Å². The van der Waals surface area contributed by atoms with Crippen molar-refractivity contribution in [2.75, 3.05) is 13.1 Å². The minimum Gasteiger partial charge on any atom is -0.507 e. The average molecular weight is 246 g/mol. The summed E-state index contributed by atoms with van der Waals surface area (Å²) in [5.41, 5.74) is 1.54. The maximum Gasteiger partial charge on any atom is 0.154 e. The molecule has 1 rings (SSSR count). The first-order chi connectivity index (χ1) is 8.59. The van der Waals surface area contributed by atoms with E-state index in [0.29, 0.717) is 18.7 Å². The van der Waals surface area contributed by atoms with Gasteiger partial charge in [0.05, 0.1) is 6.54 Å². The molecule has 0 saturated heterocycles. The number of aromatic hydroxyl groups is 1. The Morgan fingerprint density at radius 2 is 2.11 bits per heavy atom. The Balaban J connectivity index is 2.35. The predicted octanol–water partition coefficient (Wildman–Crippen LogP) is 1.89. The maximum absolute atomic E-state index is 10.8. The summed E-state index contributed by atoms with van der Waals surface area (Å²) in [5, 5.41) is 12.6. The lowest BCUT2D eigenvalue weighted by molar-refractivity contribution is -0.112. The van der Waals surface area contributed by atoms with Gasteiger partial charge in [0, 0.05) is 24.0 Å². The SMILES string of the molecule is CC(=O)C=C(C)NCCN=Cc1ccccc1O. The number of hydrogen-bond donors (Lipinski definition) is 2. The van der Waals surface area contributed by atoms with Crippen molar-refractivity contribution in [1.29, 1.82) is 0 Å². The number of hydrogen-bond acceptors (Lipinski definition) is 4. The molecule has 1 aromatic carbocycles. The minimum absolute atomic E-state index is 0.0257. The number of phenols is 1. The number of para-hydroxylation sites is 1. The van der Waals surface area contributed by atoms with Crippen LogP contribution in [0.2, 0.25) is 0 Å². The highest BCUT2D eigenvalue weighted by Crippen LogP contribution is 2.12. The highest BCUT2D eigenvalue weighted by atomic mass is 16.3. The molecular formula is C14H18N2O2. The van der Waals surface area contributed by atoms with Crippen LogP contribution in [0.3, 0.4) is 0 Å². The second kappa shape index (κ2) is 7.27. The van der Waals surface area contributed by atoms with E-state index in [1.165, 1.54) is 6.92 Å². The third kappa shape index (κ3) is 5.30. The summed E-state index contributed by atoms with van der Waals surface area (Å²) in [5.74, 6) is 0.250. The number of aliphatic imine (C=N–C) groups is 1. The monoisotopic (exact) mass is 246 g/mol. The Hall–Kier alpha value is -2.10. The highest BCUT2D eigenvalue weighted by Gasteiger charge is 1.94. The lowest BCUT2D eigenvalue weighted by Gasteiger charge is -2.03. The van der Waals surface area contributed by atoms with E-state index in [1.54, 1.807) is 30.5 Å². The van der Waals surface area contributed by atoms with E-state index in [9.17, 15) is 9.90 Å². The molecule has 0 aliphatic rings. The minimum atomic E-state index is 0.0257. The Bertz CT molecular complexity index is 465. The lowest BCUT2D eigenvalue weighted by Crippen LogP contribution is -2.16. The smallest absolute Gasteiger partial charge is 0.154 e. The molecule has 4 nitrogen and oxygen atoms in total. The zero-order valence-corrected chi connectivity index (χ0v) is 10.7. The first-order valence-electron chi connectivity index (χ1n) is 5.80. The average Bonchev–Trinajstić information content (AvgIpc) is 2.30. The van der Waals surface area contributed by atoms with Crippen molar-refractivity contribution < 1.29 is 9.90 Å². The molecule has 0 bridgehead atoms. The predicted molar refractivity (Wildman–Crippen MR) is 73.0 cm³/mol. The molecule has 0 aromatic heterocycles. The lowest BCUT2D eigenvalue weighted by atomic mass is 10.2. The van der Waals surface area contributed by atoms with E-state index < -0.39 is 0 Å². The van der Waals surface area contributed by atoms with Crippen LogP contribution in [0, 0.1) is 0 Å². The molecule has 0 atom stereocenters. The third-order valence-corrected chi connectivity index (χ3v) is 2.23. The summed E-state index contributed by atoms with van der Waals surface area (Å²) < 4.78 is 0. The Morgan fingerprint density at radius 1 is 1.39 bits per heavy atom. The largest absolute Gasteiger partial charge is 0.507 e. The van der Waals surface area contributed by atoms with Crippen molar-refractivity contribution in [3.05, 3.63) is 41.6 Å². The molecule has 0 heterocycles. The van der Waals surface area contributed by atoms with Gasteiger partial charge < -0.3 is 10.4 Å². The Morgan fingerprint density at radius 3 is 2.78 bits per heavy atom. The number of rotatable bonds is 6. The van der Waals surface area contributed by atoms with Crippen LogP contribution in [0.5, 0.6) is 5.75 Å². The number of phenolic OH excluding ortho intramolecular Hbond substituents is 1. The Kier molecular flexibility index (Phi) is 5.64. The van der Waals surface area contributed by atoms with Gasteiger partial charge in [-0.05, 0) is 32.1 Å². The molecule has 0 aliphatic heterocycles. The summed E-state index contributed by atoms with van der Waals surface area (Å²) in [7, 11) is 0. The van der Waals surface area contributed by atoms with E-state index in [0.717, 1.165) is 5.70 Å². The summed E-state index contributed by atoms with van der Waals surface area (Å²) in [6.07, 6.45) is 3.19. The van der Waals surface area contributed by atoms with Gasteiger partial charge in [0.2, 0.25) is 0 Å². The quantitative estimate of drug-likeness (QED) is 0.458. The highest BCUT2D eigenvalue weighted by molar-refractivity contribution is 5.87. The van der Waals surface area contributed by atoms with Gasteiger partial charge in [-0.25, -0.2) is 0 Å². The molecular weight excluding hydrogens is 228 g/mol. The standard InChI is InChI=1S/C14H18N2O2/c1-11(9-12(2)17)16-8-7-15-10-13-5-3-4-6-14(13)18/h3-6,9-10,16,18H,7-8H2,1-2H3. The molecule has 2 N–H and O–H groups in total. The number of allylic oxidation sites excluding steroid dienone is 2. The van der Waals surface area contributed by atoms with Crippen LogP contribution in [-0.2, 0) is 4.79 Å². The van der Waals surface area contributed by atoms with Crippen LogP contribution >= 0.6 is 0 Å². The number of benzene rings is 1. The molecule has 0 aliphatic carbocycles. The van der Waals surface area contributed by atoms with Crippen molar-refractivity contribution in [3.63, 3.8) is 0 Å². The summed E-state index contributed by atoms with van der Waals surface area (Å²) in [6.45, 7) is 4.59. The molecule has 0 radical (unpaired) electrons. The topological polar surface area (TPSA) is 61.7 Å². The first kappa shape index (κ1) is 14.0. The van der Waals surface area contributed by atoms with Crippen molar-refractivity contribution in [3.8, 4) is 5.75 Å². The van der Waals surface area contributed by atoms with Gasteiger partial charge in [-0.3, -0.25) is 9.79 Å². The van der Waals surface area contributed by atoms with Gasteiger partial charge >= 0.3 is 0 Å². The second-order valence-electron chi connectivity index (χ2n) is 3.96. The zero-order chi connectivity index (χ0) is 13.4. The molecule has 0 saturated carbocycles. The number of carbonyl (C=O) groups excluding carboxylic acids is 1. The van der Waals surface area contributed by atoms with Crippen LogP contribution in [0.1, 0.15) is 19.4 Å². The zero-order valence-electron chi connectivity index (χ0n) is 10.7. The van der Waals surface area contributed by atoms with Crippen LogP contribution < -0.4 is 5.32 Å². The van der Waals surface area contributed by atoms with E-state index in [4.69, 9.17) is 0 Å². The van der Waals surface area contributed by atoms with Crippen molar-refractivity contribution in [2.24, 2.45) is 4.99 Å². The van der Waals surface area contributed by atoms with E-state index in [1.807, 2.05) is 13.0 Å². The second-order valence-corrected chi connectivity index (χ2v) is 3.96. The van der Waals surface area contributed by atoms with Crippen LogP contribution in [0.4, 0.5) is 0 Å². The number of ketones is 1. The Labute approximate surface area is 107 Å². The van der Waals surface area contributed by atoms with E-state index in [2.05, 4.69) is 10.3 Å². The van der Waals surface area contributed by atoms with Crippen molar-refractivity contribution in [2.45, 2.75) is 13.8 Å². The number of nitrogens with one attached hydrogen (secondary N) is 1. The molecule has 0 fully saturated rings. The molecule has 96 valence electrons. The maximum atomic E-state index is 10.8. The fourth-order valence-electron chi connectivity index (χ4n) is 1.43. The normalized spacial score (nSPS) is 11.8. The fraction of sp³-hybridized carbons (Fsp3) is 0.286. The molecule has 1 aromatic rings. The molecule has 4 heteroatoms. The molecule has 0 amide bonds. The van der Waals surface area contributed by atoms with Crippen LogP contribution in [0.25, 0.3) is 0 Å². The number of carbonyl (C=O) groups is 1. The van der Waals surface area contributed by atoms with Gasteiger partial charge in [0.1, 0.15) is 5.75 Å². The first-order valence-corrected chi connectivity index (χ1v) is 5.80. The van der Waals surface area contributed by atoms with Crippen LogP contribution in [0.15, 0.2) is 41.0 Å². The van der Waals surface area contributed by atoms with Crippen LogP contribution in [-0.4, -0.2) is 30.2 Å². The van der Waals surface area contributed by atoms with E-state index >= 15 is 0 Å². The fourth-order valence-corrected chi connectivity index (χ4v) is 1.43. The van der Waals surface area contributed by atoms with Gasteiger partial charge in [0.25, 0.3) is 0 Å². The summed E-state index contributed by atoms with van der Waals surface area (Å²) in [6, 6.07) is 7.04. The van der Waals surface area contributed by atoms with Crippen molar-refractivity contribution in [1.82, 2.24) is 5.32 Å². The van der Waals surface area contributed by atoms with Gasteiger partial charge in [-0.2, -0.15) is 0 Å². The summed E-state index contributed by atoms with van der Waals surface area (Å²) in [4.78, 5) is 15.0.